The van der Waals surface area contributed by atoms with Gasteiger partial charge in [-0.1, -0.05) is 6.07 Å². The van der Waals surface area contributed by atoms with Gasteiger partial charge in [0.25, 0.3) is 5.92 Å². The van der Waals surface area contributed by atoms with Crippen molar-refractivity contribution in [1.82, 2.24) is 0 Å². The van der Waals surface area contributed by atoms with Crippen LogP contribution in [0.4, 0.5) is 30.7 Å². The number of halogens is 7. The second-order valence-corrected chi connectivity index (χ2v) is 4.08. The van der Waals surface area contributed by atoms with Gasteiger partial charge in [-0.05, 0) is 12.1 Å². The highest BCUT2D eigenvalue weighted by atomic mass is 19.4. The van der Waals surface area contributed by atoms with Crippen molar-refractivity contribution < 1.29 is 40.6 Å². The van der Waals surface area contributed by atoms with Gasteiger partial charge in [-0.15, -0.1) is 0 Å². The van der Waals surface area contributed by atoms with E-state index in [4.69, 9.17) is 5.11 Å². The van der Waals surface area contributed by atoms with Gasteiger partial charge in [-0.3, -0.25) is 0 Å². The first-order chi connectivity index (χ1) is 9.35. The summed E-state index contributed by atoms with van der Waals surface area (Å²) in [5.41, 5.74) is -4.11. The second-order valence-electron chi connectivity index (χ2n) is 4.08. The van der Waals surface area contributed by atoms with Gasteiger partial charge in [0.2, 0.25) is 5.83 Å². The molecule has 0 bridgehead atoms. The normalized spacial score (nSPS) is 13.9. The molecule has 0 amide bonds. The van der Waals surface area contributed by atoms with Crippen LogP contribution in [0.15, 0.2) is 24.0 Å². The van der Waals surface area contributed by atoms with Gasteiger partial charge in [0.1, 0.15) is 0 Å². The Labute approximate surface area is 113 Å². The van der Waals surface area contributed by atoms with Gasteiger partial charge in [-0.25, -0.2) is 13.6 Å². The molecule has 0 radical (unpaired) electrons. The first kappa shape index (κ1) is 17.0. The van der Waals surface area contributed by atoms with Crippen molar-refractivity contribution in [3.63, 3.8) is 0 Å². The van der Waals surface area contributed by atoms with Crippen LogP contribution in [0.3, 0.4) is 0 Å². The molecular formula is C12H7F7O2. The number of carbonyl (C=O) groups is 1. The van der Waals surface area contributed by atoms with Crippen molar-refractivity contribution in [2.75, 3.05) is 0 Å². The minimum Gasteiger partial charge on any atom is -0.478 e. The zero-order chi connectivity index (χ0) is 16.6. The molecule has 0 saturated carbocycles. The van der Waals surface area contributed by atoms with Crippen LogP contribution in [0.25, 0.3) is 5.83 Å². The van der Waals surface area contributed by atoms with Crippen LogP contribution in [0, 0.1) is 0 Å². The summed E-state index contributed by atoms with van der Waals surface area (Å²) in [6.07, 6.45) is -5.17. The Kier molecular flexibility index (Phi) is 4.35. The van der Waals surface area contributed by atoms with Gasteiger partial charge in [-0.2, -0.15) is 22.0 Å². The van der Waals surface area contributed by atoms with Gasteiger partial charge in [0.05, 0.1) is 11.1 Å². The van der Waals surface area contributed by atoms with Crippen molar-refractivity contribution >= 4 is 11.8 Å². The summed E-state index contributed by atoms with van der Waals surface area (Å²) in [6.45, 7) is 0.0260. The average molecular weight is 316 g/mol. The predicted octanol–water partition coefficient (Wildman–Crippen LogP) is 4.67. The molecule has 21 heavy (non-hydrogen) atoms. The van der Waals surface area contributed by atoms with E-state index in [0.29, 0.717) is 12.1 Å². The van der Waals surface area contributed by atoms with Gasteiger partial charge >= 0.3 is 12.1 Å². The third-order valence-corrected chi connectivity index (χ3v) is 2.39. The van der Waals surface area contributed by atoms with Crippen LogP contribution < -0.4 is 0 Å². The predicted molar refractivity (Wildman–Crippen MR) is 58.2 cm³/mol. The van der Waals surface area contributed by atoms with Crippen LogP contribution in [-0.4, -0.2) is 17.0 Å². The van der Waals surface area contributed by atoms with Crippen molar-refractivity contribution in [1.29, 1.82) is 0 Å². The van der Waals surface area contributed by atoms with Gasteiger partial charge < -0.3 is 5.11 Å². The summed E-state index contributed by atoms with van der Waals surface area (Å²) in [4.78, 5) is 10.6. The minimum atomic E-state index is -5.17. The molecule has 116 valence electrons. The molecule has 1 N–H and O–H groups in total. The zero-order valence-electron chi connectivity index (χ0n) is 10.2. The summed E-state index contributed by atoms with van der Waals surface area (Å²) in [7, 11) is 0. The van der Waals surface area contributed by atoms with E-state index in [1.165, 1.54) is 0 Å². The van der Waals surface area contributed by atoms with E-state index >= 15 is 0 Å². The lowest BCUT2D eigenvalue weighted by molar-refractivity contribution is -0.138. The lowest BCUT2D eigenvalue weighted by Crippen LogP contribution is -2.14. The maximum absolute atomic E-state index is 13.4. The fraction of sp³-hybridized carbons (Fsp3) is 0.250. The quantitative estimate of drug-likeness (QED) is 0.823. The maximum Gasteiger partial charge on any atom is 0.417 e. The van der Waals surface area contributed by atoms with E-state index in [9.17, 15) is 35.5 Å². The number of allylic oxidation sites excluding steroid dienone is 1. The van der Waals surface area contributed by atoms with Crippen LogP contribution in [0.5, 0.6) is 0 Å². The monoisotopic (exact) mass is 316 g/mol. The van der Waals surface area contributed by atoms with Crippen molar-refractivity contribution in [3.05, 3.63) is 40.7 Å². The van der Waals surface area contributed by atoms with Gasteiger partial charge in [0, 0.05) is 12.5 Å². The van der Waals surface area contributed by atoms with Crippen LogP contribution in [0.2, 0.25) is 0 Å². The van der Waals surface area contributed by atoms with Crippen LogP contribution in [0.1, 0.15) is 28.4 Å². The summed E-state index contributed by atoms with van der Waals surface area (Å²) < 4.78 is 89.6. The Hall–Kier alpha value is -2.06. The molecule has 1 rings (SSSR count). The Balaban J connectivity index is 3.53. The molecule has 0 aliphatic carbocycles. The number of benzene rings is 1. The molecule has 2 nitrogen and oxygen atoms in total. The summed E-state index contributed by atoms with van der Waals surface area (Å²) in [5.74, 6) is -10.9. The Bertz CT molecular complexity index is 597. The SMILES string of the molecule is CC(F)(F)C(F)=C(F)c1ccc(C(=O)O)c(C(F)(F)F)c1. The van der Waals surface area contributed by atoms with Gasteiger partial charge in [0.15, 0.2) is 5.83 Å². The molecule has 0 fully saturated rings. The molecule has 0 heterocycles. The number of carboxylic acid groups (broad SMARTS) is 1. The number of aromatic carboxylic acids is 1. The van der Waals surface area contributed by atoms with Crippen molar-refractivity contribution in [2.24, 2.45) is 0 Å². The molecule has 0 aromatic heterocycles. The fourth-order valence-corrected chi connectivity index (χ4v) is 1.42. The molecule has 0 unspecified atom stereocenters. The standard InChI is InChI=1S/C12H7F7O2/c1-11(15,16)9(14)8(13)5-2-3-6(10(20)21)7(4-5)12(17,18)19/h2-4H,1H3,(H,20,21). The van der Waals surface area contributed by atoms with E-state index < -0.39 is 46.4 Å². The number of hydrogen-bond donors (Lipinski definition) is 1. The summed E-state index contributed by atoms with van der Waals surface area (Å²) in [6, 6.07) is 0.796. The summed E-state index contributed by atoms with van der Waals surface area (Å²) in [5, 5.41) is 8.60. The Morgan fingerprint density at radius 1 is 1.10 bits per heavy atom. The molecule has 0 aliphatic rings. The molecule has 0 atom stereocenters. The third-order valence-electron chi connectivity index (χ3n) is 2.39. The lowest BCUT2D eigenvalue weighted by atomic mass is 10.0. The van der Waals surface area contributed by atoms with E-state index in [2.05, 4.69) is 0 Å². The molecule has 9 heteroatoms. The lowest BCUT2D eigenvalue weighted by Gasteiger charge is -2.13. The number of alkyl halides is 5. The molecular weight excluding hydrogens is 309 g/mol. The topological polar surface area (TPSA) is 37.3 Å². The Morgan fingerprint density at radius 3 is 2.00 bits per heavy atom. The highest BCUT2D eigenvalue weighted by Gasteiger charge is 2.37. The molecule has 1 aromatic rings. The van der Waals surface area contributed by atoms with E-state index in [-0.39, 0.29) is 13.0 Å². The van der Waals surface area contributed by atoms with Crippen LogP contribution >= 0.6 is 0 Å². The number of carboxylic acids is 1. The van der Waals surface area contributed by atoms with E-state index in [1.54, 1.807) is 0 Å². The number of hydrogen-bond acceptors (Lipinski definition) is 1. The maximum atomic E-state index is 13.4. The fourth-order valence-electron chi connectivity index (χ4n) is 1.42. The van der Waals surface area contributed by atoms with Crippen molar-refractivity contribution in [2.45, 2.75) is 19.0 Å². The van der Waals surface area contributed by atoms with E-state index in [1.807, 2.05) is 0 Å². The Morgan fingerprint density at radius 2 is 1.62 bits per heavy atom. The van der Waals surface area contributed by atoms with E-state index in [0.717, 1.165) is 0 Å². The first-order valence-electron chi connectivity index (χ1n) is 5.24. The molecule has 0 saturated heterocycles. The minimum absolute atomic E-state index is 0.0260. The average Bonchev–Trinajstić information content (AvgIpc) is 2.34. The molecule has 0 aliphatic heterocycles. The molecule has 0 spiro atoms. The first-order valence-corrected chi connectivity index (χ1v) is 5.24. The van der Waals surface area contributed by atoms with Crippen LogP contribution in [-0.2, 0) is 6.18 Å². The second kappa shape index (κ2) is 5.38. The summed E-state index contributed by atoms with van der Waals surface area (Å²) >= 11 is 0. The third kappa shape index (κ3) is 3.73. The zero-order valence-corrected chi connectivity index (χ0v) is 10.2. The number of rotatable bonds is 3. The largest absolute Gasteiger partial charge is 0.478 e. The smallest absolute Gasteiger partial charge is 0.417 e. The highest BCUT2D eigenvalue weighted by Crippen LogP contribution is 2.37. The van der Waals surface area contributed by atoms with Crippen molar-refractivity contribution in [3.8, 4) is 0 Å². The highest BCUT2D eigenvalue weighted by molar-refractivity contribution is 5.90. The molecule has 1 aromatic carbocycles.